The molecular weight excluding hydrogens is 424 g/mol. The van der Waals surface area contributed by atoms with Gasteiger partial charge in [-0.1, -0.05) is 6.07 Å². The van der Waals surface area contributed by atoms with Crippen LogP contribution >= 0.6 is 0 Å². The third-order valence-electron chi connectivity index (χ3n) is 5.79. The topological polar surface area (TPSA) is 119 Å². The maximum Gasteiger partial charge on any atom is 0.255 e. The summed E-state index contributed by atoms with van der Waals surface area (Å²) in [6, 6.07) is 6.80. The lowest BCUT2D eigenvalue weighted by atomic mass is 10.1. The van der Waals surface area contributed by atoms with Gasteiger partial charge in [-0.3, -0.25) is 14.4 Å². The minimum atomic E-state index is -0.249. The molecule has 1 saturated heterocycles. The molecule has 1 aliphatic heterocycles. The van der Waals surface area contributed by atoms with Crippen LogP contribution < -0.4 is 20.7 Å². The van der Waals surface area contributed by atoms with Gasteiger partial charge in [-0.05, 0) is 38.3 Å². The SMILES string of the molecule is COc1c(Nc2cc(NC(=O)C3CC3)ncc2C(C)=O)cccc1C(=O)NC[C@@H]1CCOC1. The Morgan fingerprint density at radius 2 is 1.97 bits per heavy atom. The van der Waals surface area contributed by atoms with Gasteiger partial charge in [-0.25, -0.2) is 4.98 Å². The summed E-state index contributed by atoms with van der Waals surface area (Å²) in [6.07, 6.45) is 4.11. The predicted molar refractivity (Wildman–Crippen MR) is 123 cm³/mol. The van der Waals surface area contributed by atoms with E-state index in [1.54, 1.807) is 24.3 Å². The van der Waals surface area contributed by atoms with Crippen LogP contribution in [0.2, 0.25) is 0 Å². The molecule has 1 saturated carbocycles. The van der Waals surface area contributed by atoms with Crippen molar-refractivity contribution in [3.05, 3.63) is 41.6 Å². The number of hydrogen-bond donors (Lipinski definition) is 3. The zero-order chi connectivity index (χ0) is 23.4. The molecule has 2 heterocycles. The highest BCUT2D eigenvalue weighted by Gasteiger charge is 2.30. The van der Waals surface area contributed by atoms with Crippen molar-refractivity contribution in [2.75, 3.05) is 37.5 Å². The highest BCUT2D eigenvalue weighted by atomic mass is 16.5. The Bertz CT molecular complexity index is 1060. The third-order valence-corrected chi connectivity index (χ3v) is 5.79. The fourth-order valence-electron chi connectivity index (χ4n) is 3.74. The highest BCUT2D eigenvalue weighted by molar-refractivity contribution is 6.03. The van der Waals surface area contributed by atoms with E-state index in [2.05, 4.69) is 20.9 Å². The number of ether oxygens (including phenoxy) is 2. The molecule has 0 bridgehead atoms. The van der Waals surface area contributed by atoms with Gasteiger partial charge in [0.1, 0.15) is 5.82 Å². The minimum absolute atomic E-state index is 0.0294. The number of methoxy groups -OCH3 is 1. The summed E-state index contributed by atoms with van der Waals surface area (Å²) in [5.74, 6) is 0.534. The average Bonchev–Trinajstić information content (AvgIpc) is 3.53. The quantitative estimate of drug-likeness (QED) is 0.500. The zero-order valence-electron chi connectivity index (χ0n) is 18.8. The summed E-state index contributed by atoms with van der Waals surface area (Å²) in [5, 5.41) is 8.92. The number of carbonyl (C=O) groups is 3. The largest absolute Gasteiger partial charge is 0.494 e. The molecule has 33 heavy (non-hydrogen) atoms. The highest BCUT2D eigenvalue weighted by Crippen LogP contribution is 2.34. The van der Waals surface area contributed by atoms with E-state index in [9.17, 15) is 14.4 Å². The molecule has 1 aliphatic carbocycles. The third kappa shape index (κ3) is 5.48. The van der Waals surface area contributed by atoms with Gasteiger partial charge >= 0.3 is 0 Å². The van der Waals surface area contributed by atoms with Crippen LogP contribution in [-0.2, 0) is 9.53 Å². The van der Waals surface area contributed by atoms with E-state index in [0.717, 1.165) is 25.9 Å². The summed E-state index contributed by atoms with van der Waals surface area (Å²) in [6.45, 7) is 3.34. The Morgan fingerprint density at radius 3 is 2.64 bits per heavy atom. The molecule has 4 rings (SSSR count). The summed E-state index contributed by atoms with van der Waals surface area (Å²) in [5.41, 5.74) is 1.71. The van der Waals surface area contributed by atoms with Crippen molar-refractivity contribution < 1.29 is 23.9 Å². The van der Waals surface area contributed by atoms with Gasteiger partial charge < -0.3 is 25.4 Å². The second kappa shape index (κ2) is 9.99. The lowest BCUT2D eigenvalue weighted by Gasteiger charge is -2.17. The Hall–Kier alpha value is -3.46. The molecule has 2 aromatic rings. The monoisotopic (exact) mass is 452 g/mol. The fourth-order valence-corrected chi connectivity index (χ4v) is 3.74. The fraction of sp³-hybridized carbons (Fsp3) is 0.417. The first-order chi connectivity index (χ1) is 16.0. The van der Waals surface area contributed by atoms with Crippen molar-refractivity contribution >= 4 is 34.8 Å². The van der Waals surface area contributed by atoms with Crippen molar-refractivity contribution in [3.63, 3.8) is 0 Å². The summed E-state index contributed by atoms with van der Waals surface area (Å²) >= 11 is 0. The smallest absolute Gasteiger partial charge is 0.255 e. The van der Waals surface area contributed by atoms with Gasteiger partial charge in [0.2, 0.25) is 5.91 Å². The van der Waals surface area contributed by atoms with Crippen LogP contribution in [0.1, 0.15) is 46.9 Å². The molecule has 9 heteroatoms. The number of aromatic nitrogens is 1. The van der Waals surface area contributed by atoms with E-state index >= 15 is 0 Å². The van der Waals surface area contributed by atoms with Crippen LogP contribution in [0.3, 0.4) is 0 Å². The standard InChI is InChI=1S/C24H28N4O5/c1-14(29)18-12-25-21(28-23(30)16-6-7-16)10-20(18)27-19-5-3-4-17(22(19)32-2)24(31)26-11-15-8-9-33-13-15/h3-5,10,12,15-16H,6-9,11,13H2,1-2H3,(H,26,31)(H2,25,27,28,30)/t15-/m0/s1. The van der Waals surface area contributed by atoms with Crippen LogP contribution in [0, 0.1) is 11.8 Å². The molecule has 2 fully saturated rings. The summed E-state index contributed by atoms with van der Waals surface area (Å²) < 4.78 is 10.9. The van der Waals surface area contributed by atoms with Gasteiger partial charge in [-0.2, -0.15) is 0 Å². The molecule has 2 aliphatic rings. The molecule has 9 nitrogen and oxygen atoms in total. The van der Waals surface area contributed by atoms with E-state index < -0.39 is 0 Å². The summed E-state index contributed by atoms with van der Waals surface area (Å²) in [7, 11) is 1.49. The van der Waals surface area contributed by atoms with E-state index in [1.165, 1.54) is 20.2 Å². The number of nitrogens with one attached hydrogen (secondary N) is 3. The van der Waals surface area contributed by atoms with Crippen molar-refractivity contribution in [1.82, 2.24) is 10.3 Å². The number of anilines is 3. The van der Waals surface area contributed by atoms with Crippen LogP contribution in [-0.4, -0.2) is 49.4 Å². The van der Waals surface area contributed by atoms with Crippen molar-refractivity contribution in [2.45, 2.75) is 26.2 Å². The predicted octanol–water partition coefficient (Wildman–Crippen LogP) is 3.15. The van der Waals surface area contributed by atoms with Crippen molar-refractivity contribution in [2.24, 2.45) is 11.8 Å². The number of pyridine rings is 1. The molecule has 0 unspecified atom stereocenters. The number of carbonyl (C=O) groups excluding carboxylic acids is 3. The molecule has 0 radical (unpaired) electrons. The normalized spacial score (nSPS) is 17.3. The molecular formula is C24H28N4O5. The van der Waals surface area contributed by atoms with Crippen molar-refractivity contribution in [1.29, 1.82) is 0 Å². The van der Waals surface area contributed by atoms with E-state index in [1.807, 2.05) is 0 Å². The second-order valence-electron chi connectivity index (χ2n) is 8.39. The van der Waals surface area contributed by atoms with E-state index in [-0.39, 0.29) is 23.5 Å². The number of benzene rings is 1. The number of rotatable bonds is 9. The number of amides is 2. The Kier molecular flexibility index (Phi) is 6.88. The average molecular weight is 453 g/mol. The van der Waals surface area contributed by atoms with Gasteiger partial charge in [0.25, 0.3) is 5.91 Å². The number of para-hydroxylation sites is 1. The van der Waals surface area contributed by atoms with E-state index in [0.29, 0.717) is 53.1 Å². The second-order valence-corrected chi connectivity index (χ2v) is 8.39. The first kappa shape index (κ1) is 22.7. The molecule has 1 atom stereocenters. The summed E-state index contributed by atoms with van der Waals surface area (Å²) in [4.78, 5) is 41.3. The van der Waals surface area contributed by atoms with Crippen LogP contribution in [0.5, 0.6) is 5.75 Å². The van der Waals surface area contributed by atoms with E-state index in [4.69, 9.17) is 9.47 Å². The first-order valence-electron chi connectivity index (χ1n) is 11.1. The maximum absolute atomic E-state index is 12.8. The lowest BCUT2D eigenvalue weighted by Crippen LogP contribution is -2.29. The Balaban J connectivity index is 1.57. The molecule has 1 aromatic heterocycles. The Labute approximate surface area is 192 Å². The number of nitrogens with zero attached hydrogens (tertiary/aromatic N) is 1. The molecule has 3 N–H and O–H groups in total. The zero-order valence-corrected chi connectivity index (χ0v) is 18.8. The lowest BCUT2D eigenvalue weighted by molar-refractivity contribution is -0.117. The van der Waals surface area contributed by atoms with Gasteiger partial charge in [0, 0.05) is 37.3 Å². The van der Waals surface area contributed by atoms with Crippen LogP contribution in [0.4, 0.5) is 17.2 Å². The van der Waals surface area contributed by atoms with Crippen molar-refractivity contribution in [3.8, 4) is 5.75 Å². The number of hydrogen-bond acceptors (Lipinski definition) is 7. The molecule has 1 aromatic carbocycles. The van der Waals surface area contributed by atoms with Gasteiger partial charge in [0.15, 0.2) is 11.5 Å². The molecule has 0 spiro atoms. The first-order valence-corrected chi connectivity index (χ1v) is 11.1. The van der Waals surface area contributed by atoms with Crippen LogP contribution in [0.25, 0.3) is 0 Å². The Morgan fingerprint density at radius 1 is 1.15 bits per heavy atom. The van der Waals surface area contributed by atoms with Gasteiger partial charge in [0.05, 0.1) is 36.2 Å². The molecule has 2 amide bonds. The van der Waals surface area contributed by atoms with Crippen LogP contribution in [0.15, 0.2) is 30.5 Å². The van der Waals surface area contributed by atoms with Gasteiger partial charge in [-0.15, -0.1) is 0 Å². The maximum atomic E-state index is 12.8. The number of ketones is 1. The number of Topliss-reactive ketones (excluding diaryl/α,β-unsaturated/α-hetero) is 1. The molecule has 174 valence electrons. The minimum Gasteiger partial charge on any atom is -0.494 e.